The van der Waals surface area contributed by atoms with Gasteiger partial charge in [0.15, 0.2) is 0 Å². The van der Waals surface area contributed by atoms with Crippen molar-refractivity contribution in [2.45, 2.75) is 19.1 Å². The Morgan fingerprint density at radius 2 is 2.11 bits per heavy atom. The second-order valence-electron chi connectivity index (χ2n) is 4.04. The lowest BCUT2D eigenvalue weighted by Crippen LogP contribution is -2.31. The number of nitrogens with zero attached hydrogens (tertiary/aromatic N) is 2. The molecule has 1 amide bonds. The molecule has 1 atom stereocenters. The van der Waals surface area contributed by atoms with E-state index in [9.17, 15) is 4.79 Å². The highest BCUT2D eigenvalue weighted by Crippen LogP contribution is 2.08. The van der Waals surface area contributed by atoms with Crippen LogP contribution in [-0.4, -0.2) is 15.7 Å². The Balaban J connectivity index is 2.00. The number of nitrogens with two attached hydrogens (primary N) is 1. The fourth-order valence-electron chi connectivity index (χ4n) is 1.75. The number of aromatic nitrogens is 2. The van der Waals surface area contributed by atoms with E-state index in [1.54, 1.807) is 10.9 Å². The van der Waals surface area contributed by atoms with Gasteiger partial charge in [0.1, 0.15) is 6.17 Å². The number of carbonyl (C=O) groups is 1. The van der Waals surface area contributed by atoms with Crippen LogP contribution in [0.1, 0.15) is 18.2 Å². The van der Waals surface area contributed by atoms with Crippen molar-refractivity contribution in [3.05, 3.63) is 54.4 Å². The molecular weight excluding hydrogens is 228 g/mol. The molecule has 18 heavy (non-hydrogen) atoms. The Labute approximate surface area is 106 Å². The SMILES string of the molecule is NC(=O)CC(NCc1ccccc1)n1cccn1. The first-order chi connectivity index (χ1) is 8.75. The molecule has 3 N–H and O–H groups in total. The maximum absolute atomic E-state index is 11.1. The standard InChI is InChI=1S/C13H16N4O/c14-12(18)9-13(17-8-4-7-16-17)15-10-11-5-2-1-3-6-11/h1-8,13,15H,9-10H2,(H2,14,18). The third-order valence-electron chi connectivity index (χ3n) is 2.62. The van der Waals surface area contributed by atoms with Gasteiger partial charge in [0.05, 0.1) is 6.42 Å². The highest BCUT2D eigenvalue weighted by molar-refractivity contribution is 5.74. The number of hydrogen-bond acceptors (Lipinski definition) is 3. The number of carbonyl (C=O) groups excluding carboxylic acids is 1. The molecule has 0 aliphatic carbocycles. The van der Waals surface area contributed by atoms with Crippen LogP contribution in [0.5, 0.6) is 0 Å². The summed E-state index contributed by atoms with van der Waals surface area (Å²) in [6, 6.07) is 11.8. The summed E-state index contributed by atoms with van der Waals surface area (Å²) in [5.41, 5.74) is 6.40. The van der Waals surface area contributed by atoms with Crippen LogP contribution in [0, 0.1) is 0 Å². The van der Waals surface area contributed by atoms with Crippen molar-refractivity contribution >= 4 is 5.91 Å². The van der Waals surface area contributed by atoms with E-state index in [4.69, 9.17) is 5.73 Å². The van der Waals surface area contributed by atoms with Crippen molar-refractivity contribution in [2.75, 3.05) is 0 Å². The van der Waals surface area contributed by atoms with E-state index >= 15 is 0 Å². The molecular formula is C13H16N4O. The minimum atomic E-state index is -0.351. The maximum Gasteiger partial charge on any atom is 0.220 e. The van der Waals surface area contributed by atoms with Crippen molar-refractivity contribution < 1.29 is 4.79 Å². The minimum Gasteiger partial charge on any atom is -0.370 e. The second-order valence-corrected chi connectivity index (χ2v) is 4.04. The molecule has 94 valence electrons. The number of primary amides is 1. The van der Waals surface area contributed by atoms with Crippen LogP contribution in [0.2, 0.25) is 0 Å². The van der Waals surface area contributed by atoms with Crippen LogP contribution in [0.3, 0.4) is 0 Å². The molecule has 0 spiro atoms. The van der Waals surface area contributed by atoms with Gasteiger partial charge in [-0.15, -0.1) is 0 Å². The molecule has 1 unspecified atom stereocenters. The molecule has 0 saturated carbocycles. The van der Waals surface area contributed by atoms with Gasteiger partial charge in [-0.05, 0) is 11.6 Å². The van der Waals surface area contributed by atoms with E-state index in [0.717, 1.165) is 5.56 Å². The third kappa shape index (κ3) is 3.43. The molecule has 1 heterocycles. The minimum absolute atomic E-state index is 0.210. The average Bonchev–Trinajstić information content (AvgIpc) is 2.89. The number of amides is 1. The Kier molecular flexibility index (Phi) is 4.09. The summed E-state index contributed by atoms with van der Waals surface area (Å²) < 4.78 is 1.70. The smallest absolute Gasteiger partial charge is 0.220 e. The van der Waals surface area contributed by atoms with Gasteiger partial charge >= 0.3 is 0 Å². The summed E-state index contributed by atoms with van der Waals surface area (Å²) in [6.45, 7) is 0.665. The van der Waals surface area contributed by atoms with Gasteiger partial charge in [-0.3, -0.25) is 14.8 Å². The van der Waals surface area contributed by atoms with Crippen molar-refractivity contribution in [1.82, 2.24) is 15.1 Å². The number of rotatable bonds is 6. The largest absolute Gasteiger partial charge is 0.370 e. The van der Waals surface area contributed by atoms with Gasteiger partial charge in [0.2, 0.25) is 5.91 Å². The Hall–Kier alpha value is -2.14. The average molecular weight is 244 g/mol. The lowest BCUT2D eigenvalue weighted by Gasteiger charge is -2.17. The van der Waals surface area contributed by atoms with Crippen LogP contribution in [-0.2, 0) is 11.3 Å². The van der Waals surface area contributed by atoms with Gasteiger partial charge in [0.25, 0.3) is 0 Å². The summed E-state index contributed by atoms with van der Waals surface area (Å²) in [5, 5.41) is 7.40. The zero-order chi connectivity index (χ0) is 12.8. The molecule has 1 aromatic heterocycles. The molecule has 0 aliphatic heterocycles. The molecule has 0 aliphatic rings. The van der Waals surface area contributed by atoms with Gasteiger partial charge in [0, 0.05) is 18.9 Å². The number of nitrogens with one attached hydrogen (secondary N) is 1. The summed E-state index contributed by atoms with van der Waals surface area (Å²) in [6.07, 6.45) is 3.50. The Morgan fingerprint density at radius 1 is 1.33 bits per heavy atom. The molecule has 0 bridgehead atoms. The van der Waals surface area contributed by atoms with Crippen LogP contribution < -0.4 is 11.1 Å². The van der Waals surface area contributed by atoms with Gasteiger partial charge < -0.3 is 5.73 Å². The fourth-order valence-corrected chi connectivity index (χ4v) is 1.75. The predicted molar refractivity (Wildman–Crippen MR) is 68.4 cm³/mol. The first-order valence-corrected chi connectivity index (χ1v) is 5.80. The van der Waals surface area contributed by atoms with Crippen molar-refractivity contribution in [3.8, 4) is 0 Å². The molecule has 1 aromatic carbocycles. The van der Waals surface area contributed by atoms with E-state index in [-0.39, 0.29) is 18.5 Å². The highest BCUT2D eigenvalue weighted by atomic mass is 16.1. The van der Waals surface area contributed by atoms with Crippen LogP contribution in [0.15, 0.2) is 48.8 Å². The molecule has 5 heteroatoms. The first-order valence-electron chi connectivity index (χ1n) is 5.80. The quantitative estimate of drug-likeness (QED) is 0.797. The zero-order valence-corrected chi connectivity index (χ0v) is 9.99. The van der Waals surface area contributed by atoms with E-state index in [1.165, 1.54) is 0 Å². The van der Waals surface area contributed by atoms with Crippen LogP contribution >= 0.6 is 0 Å². The summed E-state index contributed by atoms with van der Waals surface area (Å²) in [7, 11) is 0. The monoisotopic (exact) mass is 244 g/mol. The zero-order valence-electron chi connectivity index (χ0n) is 9.99. The predicted octanol–water partition coefficient (Wildman–Crippen LogP) is 1.05. The summed E-state index contributed by atoms with van der Waals surface area (Å²) >= 11 is 0. The van der Waals surface area contributed by atoms with E-state index < -0.39 is 0 Å². The van der Waals surface area contributed by atoms with E-state index in [2.05, 4.69) is 10.4 Å². The first kappa shape index (κ1) is 12.3. The maximum atomic E-state index is 11.1. The summed E-state index contributed by atoms with van der Waals surface area (Å²) in [4.78, 5) is 11.1. The second kappa shape index (κ2) is 5.97. The van der Waals surface area contributed by atoms with Gasteiger partial charge in [-0.25, -0.2) is 0 Å². The van der Waals surface area contributed by atoms with Gasteiger partial charge in [-0.2, -0.15) is 5.10 Å². The Bertz CT molecular complexity index is 481. The molecule has 0 radical (unpaired) electrons. The number of hydrogen-bond donors (Lipinski definition) is 2. The normalized spacial score (nSPS) is 12.2. The molecule has 2 rings (SSSR count). The lowest BCUT2D eigenvalue weighted by molar-refractivity contribution is -0.119. The van der Waals surface area contributed by atoms with E-state index in [0.29, 0.717) is 6.54 Å². The molecule has 0 fully saturated rings. The Morgan fingerprint density at radius 3 is 2.72 bits per heavy atom. The van der Waals surface area contributed by atoms with Crippen LogP contribution in [0.25, 0.3) is 0 Å². The third-order valence-corrected chi connectivity index (χ3v) is 2.62. The number of benzene rings is 1. The van der Waals surface area contributed by atoms with Crippen molar-refractivity contribution in [1.29, 1.82) is 0 Å². The molecule has 5 nitrogen and oxygen atoms in total. The van der Waals surface area contributed by atoms with Crippen LogP contribution in [0.4, 0.5) is 0 Å². The molecule has 0 saturated heterocycles. The lowest BCUT2D eigenvalue weighted by atomic mass is 10.2. The summed E-state index contributed by atoms with van der Waals surface area (Å²) in [5.74, 6) is -0.351. The highest BCUT2D eigenvalue weighted by Gasteiger charge is 2.13. The van der Waals surface area contributed by atoms with Gasteiger partial charge in [-0.1, -0.05) is 30.3 Å². The molecule has 2 aromatic rings. The fraction of sp³-hybridized carbons (Fsp3) is 0.231. The topological polar surface area (TPSA) is 72.9 Å². The van der Waals surface area contributed by atoms with Crippen molar-refractivity contribution in [3.63, 3.8) is 0 Å². The van der Waals surface area contributed by atoms with E-state index in [1.807, 2.05) is 42.6 Å². The van der Waals surface area contributed by atoms with Crippen molar-refractivity contribution in [2.24, 2.45) is 5.73 Å².